The lowest BCUT2D eigenvalue weighted by Crippen LogP contribution is -2.47. The summed E-state index contributed by atoms with van der Waals surface area (Å²) in [5, 5.41) is 3.20. The number of carbonyl (C=O) groups is 2. The molecule has 1 aliphatic rings. The number of nitrogens with one attached hydrogen (secondary N) is 1. The number of nitrogens with zero attached hydrogens (tertiary/aromatic N) is 1. The van der Waals surface area contributed by atoms with E-state index in [9.17, 15) is 9.59 Å². The van der Waals surface area contributed by atoms with Gasteiger partial charge < -0.3 is 24.1 Å². The van der Waals surface area contributed by atoms with Crippen LogP contribution < -0.4 is 14.8 Å². The van der Waals surface area contributed by atoms with Gasteiger partial charge in [0.2, 0.25) is 5.91 Å². The van der Waals surface area contributed by atoms with Crippen LogP contribution in [0.15, 0.2) is 65.3 Å². The summed E-state index contributed by atoms with van der Waals surface area (Å²) in [5.74, 6) is 0.515. The highest BCUT2D eigenvalue weighted by Crippen LogP contribution is 2.38. The first kappa shape index (κ1) is 25.4. The zero-order valence-electron chi connectivity index (χ0n) is 21.2. The van der Waals surface area contributed by atoms with Gasteiger partial charge in [-0.1, -0.05) is 49.2 Å². The molecule has 3 aromatic rings. The van der Waals surface area contributed by atoms with Crippen LogP contribution in [0.4, 0.5) is 0 Å². The van der Waals surface area contributed by atoms with Gasteiger partial charge >= 0.3 is 0 Å². The van der Waals surface area contributed by atoms with Crippen LogP contribution in [0.1, 0.15) is 59.0 Å². The van der Waals surface area contributed by atoms with Crippen molar-refractivity contribution in [1.29, 1.82) is 0 Å². The van der Waals surface area contributed by atoms with Gasteiger partial charge in [-0.2, -0.15) is 0 Å². The Morgan fingerprint density at radius 3 is 2.47 bits per heavy atom. The molecule has 0 spiro atoms. The number of amides is 2. The van der Waals surface area contributed by atoms with Crippen molar-refractivity contribution in [3.8, 4) is 11.5 Å². The van der Waals surface area contributed by atoms with Crippen molar-refractivity contribution in [2.75, 3.05) is 20.8 Å². The minimum absolute atomic E-state index is 0.0912. The molecule has 4 rings (SSSR count). The summed E-state index contributed by atoms with van der Waals surface area (Å²) in [6.07, 6.45) is 6.08. The van der Waals surface area contributed by atoms with Crippen molar-refractivity contribution in [2.24, 2.45) is 0 Å². The van der Waals surface area contributed by atoms with Gasteiger partial charge in [-0.15, -0.1) is 0 Å². The Kier molecular flexibility index (Phi) is 8.31. The number of para-hydroxylation sites is 1. The number of carbonyl (C=O) groups excluding carboxylic acids is 2. The maximum absolute atomic E-state index is 13.9. The van der Waals surface area contributed by atoms with Gasteiger partial charge in [0, 0.05) is 18.2 Å². The van der Waals surface area contributed by atoms with Gasteiger partial charge in [0.25, 0.3) is 5.91 Å². The summed E-state index contributed by atoms with van der Waals surface area (Å²) in [4.78, 5) is 29.3. The number of hydrogen-bond donors (Lipinski definition) is 1. The minimum Gasteiger partial charge on any atom is -0.493 e. The second kappa shape index (κ2) is 11.8. The Bertz CT molecular complexity index is 1170. The fraction of sp³-hybridized carbons (Fsp3) is 0.379. The van der Waals surface area contributed by atoms with Gasteiger partial charge in [-0.25, -0.2) is 0 Å². The molecule has 2 amide bonds. The largest absolute Gasteiger partial charge is 0.493 e. The average molecular weight is 491 g/mol. The van der Waals surface area contributed by atoms with Crippen molar-refractivity contribution in [3.05, 3.63) is 83.3 Å². The highest BCUT2D eigenvalue weighted by atomic mass is 16.5. The second-order valence-electron chi connectivity index (χ2n) is 9.13. The third kappa shape index (κ3) is 5.56. The van der Waals surface area contributed by atoms with Gasteiger partial charge in [0.05, 0.1) is 20.5 Å². The molecule has 1 aromatic heterocycles. The summed E-state index contributed by atoms with van der Waals surface area (Å²) >= 11 is 0. The van der Waals surface area contributed by atoms with Gasteiger partial charge in [0.1, 0.15) is 6.04 Å². The van der Waals surface area contributed by atoms with Crippen molar-refractivity contribution < 1.29 is 23.5 Å². The molecule has 1 atom stereocenters. The van der Waals surface area contributed by atoms with Crippen molar-refractivity contribution in [1.82, 2.24) is 10.2 Å². The Labute approximate surface area is 212 Å². The normalized spacial score (nSPS) is 14.3. The van der Waals surface area contributed by atoms with Crippen LogP contribution in [-0.2, 0) is 11.2 Å². The van der Waals surface area contributed by atoms with Crippen LogP contribution in [0.25, 0.3) is 0 Å². The van der Waals surface area contributed by atoms with Crippen LogP contribution >= 0.6 is 0 Å². The summed E-state index contributed by atoms with van der Waals surface area (Å²) in [7, 11) is 3.10. The van der Waals surface area contributed by atoms with E-state index in [-0.39, 0.29) is 23.6 Å². The molecule has 7 nitrogen and oxygen atoms in total. The van der Waals surface area contributed by atoms with E-state index < -0.39 is 6.04 Å². The van der Waals surface area contributed by atoms with E-state index in [2.05, 4.69) is 5.32 Å². The molecule has 1 saturated carbocycles. The summed E-state index contributed by atoms with van der Waals surface area (Å²) in [6, 6.07) is 15.9. The van der Waals surface area contributed by atoms with Crippen LogP contribution in [0, 0.1) is 6.92 Å². The lowest BCUT2D eigenvalue weighted by Gasteiger charge is -2.33. The number of rotatable bonds is 10. The Morgan fingerprint density at radius 1 is 1.03 bits per heavy atom. The van der Waals surface area contributed by atoms with Gasteiger partial charge in [0.15, 0.2) is 17.3 Å². The maximum atomic E-state index is 13.9. The fourth-order valence-corrected chi connectivity index (χ4v) is 4.95. The van der Waals surface area contributed by atoms with E-state index in [0.717, 1.165) is 36.8 Å². The second-order valence-corrected chi connectivity index (χ2v) is 9.13. The van der Waals surface area contributed by atoms with Crippen LogP contribution in [0.2, 0.25) is 0 Å². The standard InChI is InChI=1S/C29H34N2O5/c1-20-10-4-5-11-21(20)17-18-31(29(33)25-16-9-19-36-25)26(28(32)30-22-12-6-7-13-22)23-14-8-15-24(34-2)27(23)35-3/h4-5,8-11,14-16,19,22,26H,6-7,12-13,17-18H2,1-3H3,(H,30,32)/t26-/m0/s1. The van der Waals surface area contributed by atoms with Gasteiger partial charge in [-0.05, 0) is 55.5 Å². The quantitative estimate of drug-likeness (QED) is 0.428. The molecular formula is C29H34N2O5. The molecule has 1 N–H and O–H groups in total. The zero-order chi connectivity index (χ0) is 25.5. The molecule has 0 saturated heterocycles. The number of methoxy groups -OCH3 is 2. The number of ether oxygens (including phenoxy) is 2. The first-order valence-corrected chi connectivity index (χ1v) is 12.4. The van der Waals surface area contributed by atoms with E-state index in [4.69, 9.17) is 13.9 Å². The zero-order valence-corrected chi connectivity index (χ0v) is 21.2. The summed E-state index contributed by atoms with van der Waals surface area (Å²) in [6.45, 7) is 2.36. The van der Waals surface area contributed by atoms with E-state index in [1.807, 2.05) is 43.3 Å². The number of benzene rings is 2. The monoisotopic (exact) mass is 490 g/mol. The molecule has 0 bridgehead atoms. The summed E-state index contributed by atoms with van der Waals surface area (Å²) < 4.78 is 16.7. The average Bonchev–Trinajstić information content (AvgIpc) is 3.61. The third-order valence-electron chi connectivity index (χ3n) is 6.87. The topological polar surface area (TPSA) is 81.0 Å². The lowest BCUT2D eigenvalue weighted by molar-refractivity contribution is -0.126. The molecule has 36 heavy (non-hydrogen) atoms. The minimum atomic E-state index is -0.933. The smallest absolute Gasteiger partial charge is 0.290 e. The maximum Gasteiger partial charge on any atom is 0.290 e. The molecule has 2 aromatic carbocycles. The predicted molar refractivity (Wildman–Crippen MR) is 137 cm³/mol. The van der Waals surface area contributed by atoms with E-state index in [1.54, 1.807) is 37.3 Å². The van der Waals surface area contributed by atoms with E-state index >= 15 is 0 Å². The molecule has 1 heterocycles. The predicted octanol–water partition coefficient (Wildman–Crippen LogP) is 5.09. The molecule has 1 aliphatic carbocycles. The van der Waals surface area contributed by atoms with Crippen molar-refractivity contribution in [2.45, 2.75) is 51.1 Å². The molecule has 0 aliphatic heterocycles. The van der Waals surface area contributed by atoms with Crippen LogP contribution in [0.5, 0.6) is 11.5 Å². The molecule has 190 valence electrons. The highest BCUT2D eigenvalue weighted by molar-refractivity contribution is 5.96. The van der Waals surface area contributed by atoms with Crippen LogP contribution in [-0.4, -0.2) is 43.5 Å². The molecule has 7 heteroatoms. The van der Waals surface area contributed by atoms with E-state index in [0.29, 0.717) is 30.0 Å². The SMILES string of the molecule is COc1cccc([C@@H](C(=O)NC2CCCC2)N(CCc2ccccc2C)C(=O)c2ccco2)c1OC. The fourth-order valence-electron chi connectivity index (χ4n) is 4.95. The van der Waals surface area contributed by atoms with Gasteiger partial charge in [-0.3, -0.25) is 9.59 Å². The summed E-state index contributed by atoms with van der Waals surface area (Å²) in [5.41, 5.74) is 2.81. The Hall–Kier alpha value is -3.74. The van der Waals surface area contributed by atoms with Crippen molar-refractivity contribution >= 4 is 11.8 Å². The van der Waals surface area contributed by atoms with E-state index in [1.165, 1.54) is 6.26 Å². The molecule has 0 unspecified atom stereocenters. The number of aryl methyl sites for hydroxylation is 1. The lowest BCUT2D eigenvalue weighted by atomic mass is 9.99. The molecule has 0 radical (unpaired) electrons. The Morgan fingerprint density at radius 2 is 1.81 bits per heavy atom. The highest BCUT2D eigenvalue weighted by Gasteiger charge is 2.37. The third-order valence-corrected chi connectivity index (χ3v) is 6.87. The Balaban J connectivity index is 1.78. The first-order valence-electron chi connectivity index (χ1n) is 12.4. The first-order chi connectivity index (χ1) is 17.5. The molecular weight excluding hydrogens is 456 g/mol. The van der Waals surface area contributed by atoms with Crippen molar-refractivity contribution in [3.63, 3.8) is 0 Å². The van der Waals surface area contributed by atoms with Crippen LogP contribution in [0.3, 0.4) is 0 Å². The number of hydrogen-bond acceptors (Lipinski definition) is 5. The number of furan rings is 1. The molecule has 1 fully saturated rings.